The van der Waals surface area contributed by atoms with Crippen LogP contribution in [0.5, 0.6) is 0 Å². The smallest absolute Gasteiger partial charge is 0.203 e. The summed E-state index contributed by atoms with van der Waals surface area (Å²) in [7, 11) is 0. The quantitative estimate of drug-likeness (QED) is 0.773. The van der Waals surface area contributed by atoms with Gasteiger partial charge in [0.2, 0.25) is 5.82 Å². The Morgan fingerprint density at radius 2 is 1.87 bits per heavy atom. The van der Waals surface area contributed by atoms with Crippen LogP contribution in [0.2, 0.25) is 0 Å². The van der Waals surface area contributed by atoms with Gasteiger partial charge in [-0.2, -0.15) is 0 Å². The molecule has 0 aliphatic carbocycles. The van der Waals surface area contributed by atoms with Crippen LogP contribution in [-0.4, -0.2) is 20.4 Å². The van der Waals surface area contributed by atoms with E-state index in [9.17, 15) is 4.39 Å². The number of halogens is 1. The SMILES string of the molecule is NCc1cc(F)cc(-c2nncnn2)c1. The molecule has 1 aromatic heterocycles. The third-order valence-corrected chi connectivity index (χ3v) is 1.86. The van der Waals surface area contributed by atoms with E-state index in [4.69, 9.17) is 5.73 Å². The van der Waals surface area contributed by atoms with Crippen molar-refractivity contribution in [1.82, 2.24) is 20.4 Å². The summed E-state index contributed by atoms with van der Waals surface area (Å²) < 4.78 is 13.1. The number of aromatic nitrogens is 4. The fraction of sp³-hybridized carbons (Fsp3) is 0.111. The molecule has 2 aromatic rings. The molecule has 1 heterocycles. The van der Waals surface area contributed by atoms with Gasteiger partial charge in [-0.15, -0.1) is 20.4 Å². The maximum absolute atomic E-state index is 13.1. The summed E-state index contributed by atoms with van der Waals surface area (Å²) in [6, 6.07) is 4.40. The summed E-state index contributed by atoms with van der Waals surface area (Å²) in [4.78, 5) is 0. The minimum Gasteiger partial charge on any atom is -0.326 e. The third kappa shape index (κ3) is 2.10. The van der Waals surface area contributed by atoms with Gasteiger partial charge in [0.25, 0.3) is 0 Å². The summed E-state index contributed by atoms with van der Waals surface area (Å²) in [6.07, 6.45) is 1.21. The van der Waals surface area contributed by atoms with Crippen LogP contribution in [0.4, 0.5) is 4.39 Å². The molecule has 2 rings (SSSR count). The Morgan fingerprint density at radius 3 is 2.53 bits per heavy atom. The molecule has 0 amide bonds. The molecule has 76 valence electrons. The zero-order chi connectivity index (χ0) is 10.7. The van der Waals surface area contributed by atoms with E-state index in [2.05, 4.69) is 20.4 Å². The molecule has 0 radical (unpaired) electrons. The first-order chi connectivity index (χ1) is 7.29. The monoisotopic (exact) mass is 205 g/mol. The van der Waals surface area contributed by atoms with Crippen molar-refractivity contribution in [2.75, 3.05) is 0 Å². The minimum absolute atomic E-state index is 0.262. The molecule has 0 aliphatic heterocycles. The lowest BCUT2D eigenvalue weighted by Crippen LogP contribution is -1.99. The van der Waals surface area contributed by atoms with E-state index in [0.717, 1.165) is 0 Å². The maximum Gasteiger partial charge on any atom is 0.203 e. The number of benzene rings is 1. The first-order valence-electron chi connectivity index (χ1n) is 4.30. The Kier molecular flexibility index (Phi) is 2.59. The van der Waals surface area contributed by atoms with Crippen LogP contribution >= 0.6 is 0 Å². The van der Waals surface area contributed by atoms with Crippen LogP contribution in [0.25, 0.3) is 11.4 Å². The largest absolute Gasteiger partial charge is 0.326 e. The molecule has 15 heavy (non-hydrogen) atoms. The van der Waals surface area contributed by atoms with E-state index in [1.165, 1.54) is 18.5 Å². The van der Waals surface area contributed by atoms with Crippen LogP contribution in [0.3, 0.4) is 0 Å². The molecule has 0 unspecified atom stereocenters. The zero-order valence-electron chi connectivity index (χ0n) is 7.76. The van der Waals surface area contributed by atoms with Crippen molar-refractivity contribution in [3.63, 3.8) is 0 Å². The lowest BCUT2D eigenvalue weighted by molar-refractivity contribution is 0.625. The highest BCUT2D eigenvalue weighted by Crippen LogP contribution is 2.16. The van der Waals surface area contributed by atoms with E-state index in [1.807, 2.05) is 0 Å². The van der Waals surface area contributed by atoms with Crippen LogP contribution < -0.4 is 5.73 Å². The van der Waals surface area contributed by atoms with Gasteiger partial charge in [-0.25, -0.2) is 4.39 Å². The van der Waals surface area contributed by atoms with Gasteiger partial charge in [-0.3, -0.25) is 0 Å². The molecule has 0 fully saturated rings. The van der Waals surface area contributed by atoms with E-state index in [0.29, 0.717) is 11.1 Å². The lowest BCUT2D eigenvalue weighted by atomic mass is 10.1. The van der Waals surface area contributed by atoms with Gasteiger partial charge in [0.15, 0.2) is 6.33 Å². The molecule has 2 N–H and O–H groups in total. The van der Waals surface area contributed by atoms with Gasteiger partial charge in [-0.05, 0) is 23.8 Å². The molecular weight excluding hydrogens is 197 g/mol. The van der Waals surface area contributed by atoms with Crippen molar-refractivity contribution in [1.29, 1.82) is 0 Å². The average molecular weight is 205 g/mol. The van der Waals surface area contributed by atoms with Gasteiger partial charge >= 0.3 is 0 Å². The molecule has 0 aliphatic rings. The van der Waals surface area contributed by atoms with E-state index in [-0.39, 0.29) is 18.2 Å². The Balaban J connectivity index is 2.49. The summed E-state index contributed by atoms with van der Waals surface area (Å²) >= 11 is 0. The molecule has 0 spiro atoms. The van der Waals surface area contributed by atoms with Crippen molar-refractivity contribution >= 4 is 0 Å². The van der Waals surface area contributed by atoms with Crippen molar-refractivity contribution in [3.05, 3.63) is 35.9 Å². The Hall–Kier alpha value is -1.95. The fourth-order valence-corrected chi connectivity index (χ4v) is 1.22. The highest BCUT2D eigenvalue weighted by Gasteiger charge is 2.05. The first-order valence-corrected chi connectivity index (χ1v) is 4.30. The van der Waals surface area contributed by atoms with Crippen LogP contribution in [-0.2, 0) is 6.54 Å². The van der Waals surface area contributed by atoms with Gasteiger partial charge in [0, 0.05) is 12.1 Å². The zero-order valence-corrected chi connectivity index (χ0v) is 7.76. The Morgan fingerprint density at radius 1 is 1.13 bits per heavy atom. The summed E-state index contributed by atoms with van der Waals surface area (Å²) in [5, 5.41) is 14.6. The second-order valence-electron chi connectivity index (χ2n) is 2.92. The predicted molar refractivity (Wildman–Crippen MR) is 50.9 cm³/mol. The predicted octanol–water partition coefficient (Wildman–Crippen LogP) is 0.531. The van der Waals surface area contributed by atoms with Crippen LogP contribution in [0.1, 0.15) is 5.56 Å². The maximum atomic E-state index is 13.1. The molecule has 5 nitrogen and oxygen atoms in total. The van der Waals surface area contributed by atoms with Crippen molar-refractivity contribution in [2.24, 2.45) is 5.73 Å². The molecular formula is C9H8FN5. The van der Waals surface area contributed by atoms with Crippen LogP contribution in [0.15, 0.2) is 24.5 Å². The van der Waals surface area contributed by atoms with Crippen molar-refractivity contribution < 1.29 is 4.39 Å². The normalized spacial score (nSPS) is 10.3. The number of nitrogens with zero attached hydrogens (tertiary/aromatic N) is 4. The minimum atomic E-state index is -0.375. The Bertz CT molecular complexity index is 459. The third-order valence-electron chi connectivity index (χ3n) is 1.86. The number of rotatable bonds is 2. The Labute approximate surface area is 85.2 Å². The first kappa shape index (κ1) is 9.60. The van der Waals surface area contributed by atoms with Gasteiger partial charge < -0.3 is 5.73 Å². The molecule has 0 atom stereocenters. The topological polar surface area (TPSA) is 77.6 Å². The van der Waals surface area contributed by atoms with Gasteiger partial charge in [0.05, 0.1) is 0 Å². The molecule has 0 saturated heterocycles. The summed E-state index contributed by atoms with van der Waals surface area (Å²) in [6.45, 7) is 0.262. The molecule has 0 saturated carbocycles. The van der Waals surface area contributed by atoms with Crippen molar-refractivity contribution in [2.45, 2.75) is 6.54 Å². The fourth-order valence-electron chi connectivity index (χ4n) is 1.22. The van der Waals surface area contributed by atoms with E-state index >= 15 is 0 Å². The molecule has 1 aromatic carbocycles. The average Bonchev–Trinajstić information content (AvgIpc) is 2.29. The summed E-state index contributed by atoms with van der Waals surface area (Å²) in [5.74, 6) is -0.0906. The number of nitrogens with two attached hydrogens (primary N) is 1. The van der Waals surface area contributed by atoms with E-state index < -0.39 is 0 Å². The number of hydrogen-bond acceptors (Lipinski definition) is 5. The highest BCUT2D eigenvalue weighted by atomic mass is 19.1. The van der Waals surface area contributed by atoms with Gasteiger partial charge in [0.1, 0.15) is 5.82 Å². The van der Waals surface area contributed by atoms with Gasteiger partial charge in [-0.1, -0.05) is 0 Å². The highest BCUT2D eigenvalue weighted by molar-refractivity contribution is 5.55. The lowest BCUT2D eigenvalue weighted by Gasteiger charge is -2.01. The van der Waals surface area contributed by atoms with Crippen LogP contribution in [0, 0.1) is 5.82 Å². The molecule has 6 heteroatoms. The van der Waals surface area contributed by atoms with E-state index in [1.54, 1.807) is 6.07 Å². The second kappa shape index (κ2) is 4.05. The second-order valence-corrected chi connectivity index (χ2v) is 2.92. The summed E-state index contributed by atoms with van der Waals surface area (Å²) in [5.41, 5.74) is 6.63. The number of hydrogen-bond donors (Lipinski definition) is 1. The van der Waals surface area contributed by atoms with Crippen molar-refractivity contribution in [3.8, 4) is 11.4 Å². The molecule has 0 bridgehead atoms. The standard InChI is InChI=1S/C9H8FN5/c10-8-2-6(4-11)1-7(3-8)9-14-12-5-13-15-9/h1-3,5H,4,11H2.